The van der Waals surface area contributed by atoms with E-state index in [-0.39, 0.29) is 38.1 Å². The van der Waals surface area contributed by atoms with E-state index in [1.165, 1.54) is 53.9 Å². The number of methoxy groups -OCH3 is 2. The fraction of sp³-hybridized carbons (Fsp3) is 0.0541. The maximum absolute atomic E-state index is 17.3. The van der Waals surface area contributed by atoms with Crippen LogP contribution >= 0.6 is 0 Å². The van der Waals surface area contributed by atoms with Crippen molar-refractivity contribution in [1.82, 2.24) is 0 Å². The average molecular weight is 1060 g/mol. The number of aliphatic hydroxyl groups is 2. The van der Waals surface area contributed by atoms with Crippen LogP contribution in [-0.2, 0) is 11.2 Å². The van der Waals surface area contributed by atoms with Crippen LogP contribution in [0.5, 0.6) is 11.5 Å². The molecule has 0 aliphatic heterocycles. The van der Waals surface area contributed by atoms with Crippen molar-refractivity contribution in [2.75, 3.05) is 14.2 Å². The van der Waals surface area contributed by atoms with Gasteiger partial charge in [-0.05, 0) is 145 Å². The van der Waals surface area contributed by atoms with E-state index >= 15 is 29.4 Å². The third-order valence-electron chi connectivity index (χ3n) is 24.8. The van der Waals surface area contributed by atoms with Gasteiger partial charge in [0.05, 0.1) is 25.6 Å². The van der Waals surface area contributed by atoms with E-state index in [1.807, 2.05) is 0 Å². The van der Waals surface area contributed by atoms with Crippen molar-refractivity contribution in [3.63, 3.8) is 0 Å². The molecule has 0 spiro atoms. The van der Waals surface area contributed by atoms with E-state index in [4.69, 9.17) is 19.5 Å². The molecular formula is C74H16N2O8. The molecule has 0 heterocycles. The number of benzene rings is 17. The summed E-state index contributed by atoms with van der Waals surface area (Å²) in [5.41, 5.74) is -3.95. The van der Waals surface area contributed by atoms with Gasteiger partial charge >= 0.3 is 0 Å². The van der Waals surface area contributed by atoms with Gasteiger partial charge in [-0.15, -0.1) is 0 Å². The normalized spacial score (nSPS) is 19.9. The van der Waals surface area contributed by atoms with Crippen molar-refractivity contribution >= 4 is 259 Å². The minimum Gasteiger partial charge on any atom is -0.497 e. The fourth-order valence-electron chi connectivity index (χ4n) is 23.3. The lowest BCUT2D eigenvalue weighted by molar-refractivity contribution is 0.0825. The summed E-state index contributed by atoms with van der Waals surface area (Å²) in [5, 5.41) is 74.4. The Bertz CT molecular complexity index is 7830. The second-order valence-electron chi connectivity index (χ2n) is 26.6. The smallest absolute Gasteiger partial charge is 0.230 e. The summed E-state index contributed by atoms with van der Waals surface area (Å²) in [6.45, 7) is 0. The van der Waals surface area contributed by atoms with Crippen LogP contribution < -0.4 is 41.9 Å². The van der Waals surface area contributed by atoms with E-state index in [0.29, 0.717) is 77.4 Å². The first-order valence-electron chi connectivity index (χ1n) is 28.8. The maximum atomic E-state index is 17.3. The van der Waals surface area contributed by atoms with Crippen LogP contribution in [0.4, 0.5) is 11.4 Å². The highest BCUT2D eigenvalue weighted by atomic mass is 16.5. The molecule has 10 heteroatoms. The fourth-order valence-corrected chi connectivity index (χ4v) is 23.3. The second kappa shape index (κ2) is 9.23. The molecule has 0 unspecified atom stereocenters. The number of rotatable bonds is 4. The van der Waals surface area contributed by atoms with Gasteiger partial charge in [0.2, 0.25) is 5.43 Å². The number of nitrogens with zero attached hydrogens (tertiary/aromatic N) is 2. The monoisotopic (exact) mass is 1060 g/mol. The Morgan fingerprint density at radius 3 is 0.702 bits per heavy atom. The average Bonchev–Trinajstić information content (AvgIpc) is 1.40. The predicted molar refractivity (Wildman–Crippen MR) is 332 cm³/mol. The highest BCUT2D eigenvalue weighted by Gasteiger charge is 2.64. The minimum atomic E-state index is -2.36. The van der Waals surface area contributed by atoms with E-state index in [9.17, 15) is 0 Å². The molecule has 2 N–H and O–H groups in total. The summed E-state index contributed by atoms with van der Waals surface area (Å²) in [6.07, 6.45) is 0. The van der Waals surface area contributed by atoms with Crippen molar-refractivity contribution in [2.45, 2.75) is 11.2 Å². The largest absolute Gasteiger partial charge is 0.497 e. The van der Waals surface area contributed by atoms with E-state index in [1.54, 1.807) is 62.8 Å². The van der Waals surface area contributed by atoms with Gasteiger partial charge in [-0.25, -0.2) is 9.98 Å². The summed E-state index contributed by atoms with van der Waals surface area (Å²) in [4.78, 5) is 78.7. The van der Waals surface area contributed by atoms with Crippen LogP contribution in [0.25, 0.3) is 248 Å². The van der Waals surface area contributed by atoms with Gasteiger partial charge in [0.25, 0.3) is 0 Å². The Balaban J connectivity index is 1.06. The molecule has 0 saturated carbocycles. The van der Waals surface area contributed by atoms with Gasteiger partial charge in [-0.2, -0.15) is 0 Å². The third-order valence-corrected chi connectivity index (χ3v) is 24.8. The molecule has 27 aromatic rings. The zero-order valence-corrected chi connectivity index (χ0v) is 42.9. The maximum Gasteiger partial charge on any atom is 0.230 e. The van der Waals surface area contributed by atoms with Crippen LogP contribution in [-0.4, -0.2) is 24.4 Å². The summed E-state index contributed by atoms with van der Waals surface area (Å²) in [5.74, 6) is 1.16. The quantitative estimate of drug-likeness (QED) is 0.165. The molecule has 0 amide bonds. The summed E-state index contributed by atoms with van der Waals surface area (Å²) >= 11 is 0. The SMILES string of the molecule is COc1ccc(N=c2c3c(c(=Nc4ccc(OC)cc4)c2=O)[C@]2(O)c4c5c6c7c(c8c(=O)c9c%10c(=O)c%11c%12c(=O)c%13c2c2c4c4c6c6c%14c7c7c8c9c8c9c%10c%11c%10c%11c%12c%13c%12c2c2c4c6c4c6c%14c7c8c7c9c%10c8c%11c%12c2c4c8c76)[C@@]35O)cc1. The summed E-state index contributed by atoms with van der Waals surface area (Å²) < 4.78 is 11.2. The second-order valence-corrected chi connectivity index (χ2v) is 26.6. The van der Waals surface area contributed by atoms with Gasteiger partial charge in [0.1, 0.15) is 33.4 Å². The Morgan fingerprint density at radius 1 is 0.250 bits per heavy atom. The summed E-state index contributed by atoms with van der Waals surface area (Å²) in [6, 6.07) is 14.1. The Kier molecular flexibility index (Phi) is 4.02. The number of hydrogen-bond acceptors (Lipinski definition) is 10. The van der Waals surface area contributed by atoms with Crippen LogP contribution in [0.3, 0.4) is 0 Å². The lowest BCUT2D eigenvalue weighted by atomic mass is 9.66. The molecule has 84 heavy (non-hydrogen) atoms. The van der Waals surface area contributed by atoms with Gasteiger partial charge < -0.3 is 19.7 Å². The number of hydrogen-bond donors (Lipinski definition) is 2. The zero-order chi connectivity index (χ0) is 53.3. The van der Waals surface area contributed by atoms with E-state index in [2.05, 4.69) is 0 Å². The van der Waals surface area contributed by atoms with Crippen LogP contribution in [0.2, 0.25) is 0 Å². The molecule has 3 aliphatic rings. The van der Waals surface area contributed by atoms with E-state index < -0.39 is 16.6 Å². The van der Waals surface area contributed by atoms with Crippen molar-refractivity contribution in [2.24, 2.45) is 9.98 Å². The standard InChI is InChI=1S/C74H16N2O8/c1-83-13-7-3-11(4-8-13)75-67-65-66(68(72(67)80)76-12-5-9-14(84-2)10-6-12)74(82)62-52-42-32-23-18-16-15-17-19(18)30-33-31-22(17)28-26-20(15)24-25-21(16)27-29(23)40(42)50-48-38(27)36(25)46-45-35(24)37(26)47-49-39(28)41(31)51-53-43(33)44(34(30)32)54(52)64(74)63(53)73(65,81)61(51)59(49)70(78)57(47)55(45)69(77)56(46)58(48)71(79)60(50)62/h3-10,81-82H,1-2H3/t73-,74+. The Labute approximate surface area is 456 Å². The molecule has 370 valence electrons. The lowest BCUT2D eigenvalue weighted by Crippen LogP contribution is -2.46. The first-order chi connectivity index (χ1) is 41.2. The van der Waals surface area contributed by atoms with Crippen molar-refractivity contribution < 1.29 is 19.7 Å². The molecule has 0 aromatic heterocycles. The molecule has 0 saturated heterocycles. The molecule has 0 radical (unpaired) electrons. The van der Waals surface area contributed by atoms with E-state index in [0.717, 1.165) is 162 Å². The molecule has 30 rings (SSSR count). The molecule has 10 nitrogen and oxygen atoms in total. The first-order valence-corrected chi connectivity index (χ1v) is 28.8. The topological polar surface area (TPSA) is 152 Å². The lowest BCUT2D eigenvalue weighted by Gasteiger charge is -2.41. The molecule has 0 fully saturated rings. The Morgan fingerprint density at radius 2 is 0.452 bits per heavy atom. The highest BCUT2D eigenvalue weighted by Crippen LogP contribution is 2.78. The van der Waals surface area contributed by atoms with Gasteiger partial charge in [-0.3, -0.25) is 19.2 Å². The van der Waals surface area contributed by atoms with Gasteiger partial charge in [0.15, 0.2) is 16.3 Å². The molecule has 27 aromatic carbocycles. The number of ether oxygens (including phenoxy) is 2. The van der Waals surface area contributed by atoms with Crippen molar-refractivity contribution in [3.05, 3.63) is 134 Å². The van der Waals surface area contributed by atoms with Crippen LogP contribution in [0.15, 0.2) is 77.7 Å². The molecule has 0 bridgehead atoms. The van der Waals surface area contributed by atoms with Crippen molar-refractivity contribution in [3.8, 4) is 11.5 Å². The molecule has 2 atom stereocenters. The van der Waals surface area contributed by atoms with Crippen LogP contribution in [0.1, 0.15) is 33.4 Å². The first kappa shape index (κ1) is 36.5. The minimum absolute atomic E-state index is 0.0411. The highest BCUT2D eigenvalue weighted by molar-refractivity contribution is 6.78. The zero-order valence-electron chi connectivity index (χ0n) is 42.9. The Hall–Kier alpha value is -10.8. The van der Waals surface area contributed by atoms with Gasteiger partial charge in [-0.1, -0.05) is 0 Å². The van der Waals surface area contributed by atoms with Gasteiger partial charge in [0, 0.05) is 184 Å². The van der Waals surface area contributed by atoms with Crippen molar-refractivity contribution in [1.29, 1.82) is 0 Å². The summed E-state index contributed by atoms with van der Waals surface area (Å²) in [7, 11) is 3.17. The third kappa shape index (κ3) is 2.42. The predicted octanol–water partition coefficient (Wildman–Crippen LogP) is 13.0. The molecule has 3 aliphatic carbocycles. The number of fused-ring (bicyclic) bond motifs is 9. The molecular weight excluding hydrogens is 1040 g/mol. The van der Waals surface area contributed by atoms with Crippen LogP contribution in [0, 0.1) is 0 Å².